The van der Waals surface area contributed by atoms with Crippen LogP contribution in [0.25, 0.3) is 0 Å². The highest BCUT2D eigenvalue weighted by Gasteiger charge is 2.24. The van der Waals surface area contributed by atoms with Crippen molar-refractivity contribution in [3.63, 3.8) is 0 Å². The first-order valence-corrected chi connectivity index (χ1v) is 9.82. The summed E-state index contributed by atoms with van der Waals surface area (Å²) in [5.74, 6) is 0.993. The van der Waals surface area contributed by atoms with E-state index in [1.165, 1.54) is 4.90 Å². The zero-order chi connectivity index (χ0) is 18.5. The van der Waals surface area contributed by atoms with Crippen molar-refractivity contribution in [3.8, 4) is 5.75 Å². The van der Waals surface area contributed by atoms with E-state index >= 15 is 0 Å². The molecule has 2 aromatic carbocycles. The average Bonchev–Trinajstić information content (AvgIpc) is 2.79. The highest BCUT2D eigenvalue weighted by molar-refractivity contribution is 8.00. The van der Waals surface area contributed by atoms with Crippen LogP contribution in [0, 0.1) is 0 Å². The van der Waals surface area contributed by atoms with E-state index in [1.54, 1.807) is 7.11 Å². The molecule has 0 saturated carbocycles. The van der Waals surface area contributed by atoms with Gasteiger partial charge in [0, 0.05) is 23.2 Å². The lowest BCUT2D eigenvalue weighted by atomic mass is 10.2. The number of hydrogen-bond acceptors (Lipinski definition) is 4. The maximum absolute atomic E-state index is 13.0. The zero-order valence-corrected chi connectivity index (χ0v) is 16.5. The third-order valence-corrected chi connectivity index (χ3v) is 5.77. The first-order chi connectivity index (χ1) is 12.6. The molecule has 1 aliphatic rings. The average molecular weight is 371 g/mol. The Morgan fingerprint density at radius 2 is 2.08 bits per heavy atom. The van der Waals surface area contributed by atoms with Crippen molar-refractivity contribution in [3.05, 3.63) is 54.1 Å². The van der Waals surface area contributed by atoms with Gasteiger partial charge in [-0.25, -0.2) is 0 Å². The van der Waals surface area contributed by atoms with Gasteiger partial charge in [-0.3, -0.25) is 9.69 Å². The number of rotatable bonds is 5. The van der Waals surface area contributed by atoms with Gasteiger partial charge in [-0.05, 0) is 43.3 Å². The Balaban J connectivity index is 1.69. The zero-order valence-electron chi connectivity index (χ0n) is 15.6. The Morgan fingerprint density at radius 1 is 1.27 bits per heavy atom. The molecule has 0 radical (unpaired) electrons. The number of hydrogen-bond donors (Lipinski definition) is 0. The summed E-state index contributed by atoms with van der Waals surface area (Å²) in [4.78, 5) is 18.2. The summed E-state index contributed by atoms with van der Waals surface area (Å²) in [5.41, 5.74) is 2.18. The predicted molar refractivity (Wildman–Crippen MR) is 108 cm³/mol. The number of para-hydroxylation sites is 1. The molecule has 1 heterocycles. The summed E-state index contributed by atoms with van der Waals surface area (Å²) in [7, 11) is 3.65. The summed E-state index contributed by atoms with van der Waals surface area (Å²) in [6, 6.07) is 16.2. The quantitative estimate of drug-likeness (QED) is 0.795. The van der Waals surface area contributed by atoms with Gasteiger partial charge in [0.25, 0.3) is 0 Å². The van der Waals surface area contributed by atoms with Crippen LogP contribution in [-0.4, -0.2) is 43.3 Å². The summed E-state index contributed by atoms with van der Waals surface area (Å²) < 4.78 is 5.28. The van der Waals surface area contributed by atoms with Crippen molar-refractivity contribution in [1.82, 2.24) is 4.90 Å². The molecule has 2 aromatic rings. The number of ether oxygens (including phenoxy) is 1. The highest BCUT2D eigenvalue weighted by Crippen LogP contribution is 2.37. The van der Waals surface area contributed by atoms with E-state index in [4.69, 9.17) is 4.74 Å². The summed E-state index contributed by atoms with van der Waals surface area (Å²) in [6.07, 6.45) is 1.00. The number of carbonyl (C=O) groups is 1. The van der Waals surface area contributed by atoms with E-state index in [0.717, 1.165) is 30.0 Å². The fraction of sp³-hybridized carbons (Fsp3) is 0.381. The molecular formula is C21H26N2O2S. The minimum atomic E-state index is 0.151. The number of fused-ring (bicyclic) bond motifs is 1. The lowest BCUT2D eigenvalue weighted by Gasteiger charge is -2.25. The molecule has 1 amide bonds. The van der Waals surface area contributed by atoms with E-state index in [2.05, 4.69) is 30.0 Å². The van der Waals surface area contributed by atoms with Crippen molar-refractivity contribution >= 4 is 23.4 Å². The van der Waals surface area contributed by atoms with Crippen molar-refractivity contribution in [2.75, 3.05) is 32.1 Å². The Kier molecular flexibility index (Phi) is 6.22. The van der Waals surface area contributed by atoms with E-state index in [1.807, 2.05) is 54.0 Å². The van der Waals surface area contributed by atoms with Gasteiger partial charge in [-0.2, -0.15) is 0 Å². The molecule has 1 unspecified atom stereocenters. The number of carbonyl (C=O) groups excluding carboxylic acids is 1. The van der Waals surface area contributed by atoms with Gasteiger partial charge >= 0.3 is 0 Å². The molecule has 0 N–H and O–H groups in total. The van der Waals surface area contributed by atoms with Gasteiger partial charge in [-0.1, -0.05) is 31.2 Å². The van der Waals surface area contributed by atoms with Crippen molar-refractivity contribution in [2.45, 2.75) is 30.0 Å². The van der Waals surface area contributed by atoms with Crippen LogP contribution in [-0.2, 0) is 11.3 Å². The Hall–Kier alpha value is -1.98. The molecule has 3 rings (SSSR count). The molecule has 138 valence electrons. The highest BCUT2D eigenvalue weighted by atomic mass is 32.2. The van der Waals surface area contributed by atoms with Crippen LogP contribution in [0.3, 0.4) is 0 Å². The largest absolute Gasteiger partial charge is 0.497 e. The second-order valence-electron chi connectivity index (χ2n) is 6.75. The third-order valence-electron chi connectivity index (χ3n) is 4.54. The Morgan fingerprint density at radius 3 is 2.88 bits per heavy atom. The first-order valence-electron chi connectivity index (χ1n) is 8.94. The second-order valence-corrected chi connectivity index (χ2v) is 8.23. The van der Waals surface area contributed by atoms with Crippen LogP contribution in [0.1, 0.15) is 18.9 Å². The molecule has 0 fully saturated rings. The van der Waals surface area contributed by atoms with Crippen LogP contribution >= 0.6 is 11.8 Å². The van der Waals surface area contributed by atoms with E-state index in [0.29, 0.717) is 18.3 Å². The maximum atomic E-state index is 13.0. The summed E-state index contributed by atoms with van der Waals surface area (Å²) in [5, 5.41) is 0.517. The van der Waals surface area contributed by atoms with Crippen LogP contribution in [0.4, 0.5) is 5.69 Å². The molecule has 0 aromatic heterocycles. The SMILES string of the molecule is COc1cccc(CN(C)CC(=O)N2CCC(C)Sc3ccccc32)c1. The number of anilines is 1. The number of benzene rings is 2. The Labute approximate surface area is 160 Å². The standard InChI is InChI=1S/C21H26N2O2S/c1-16-11-12-23(19-9-4-5-10-20(19)26-16)21(24)15-22(2)14-17-7-6-8-18(13-17)25-3/h4-10,13,16H,11-12,14-15H2,1-3H3. The molecule has 1 aliphatic heterocycles. The van der Waals surface area contributed by atoms with E-state index < -0.39 is 0 Å². The Bertz CT molecular complexity index is 765. The van der Waals surface area contributed by atoms with Gasteiger partial charge in [0.05, 0.1) is 19.3 Å². The smallest absolute Gasteiger partial charge is 0.241 e. The third kappa shape index (κ3) is 4.59. The lowest BCUT2D eigenvalue weighted by Crippen LogP contribution is -2.39. The molecule has 0 bridgehead atoms. The molecule has 0 aliphatic carbocycles. The molecular weight excluding hydrogens is 344 g/mol. The van der Waals surface area contributed by atoms with Crippen LogP contribution < -0.4 is 9.64 Å². The topological polar surface area (TPSA) is 32.8 Å². The van der Waals surface area contributed by atoms with Gasteiger partial charge in [0.15, 0.2) is 0 Å². The number of thioether (sulfide) groups is 1. The first kappa shape index (κ1) is 18.8. The minimum Gasteiger partial charge on any atom is -0.497 e. The normalized spacial score (nSPS) is 16.9. The fourth-order valence-corrected chi connectivity index (χ4v) is 4.31. The molecule has 5 heteroatoms. The van der Waals surface area contributed by atoms with Gasteiger partial charge in [0.2, 0.25) is 5.91 Å². The van der Waals surface area contributed by atoms with Crippen LogP contribution in [0.5, 0.6) is 5.75 Å². The van der Waals surface area contributed by atoms with Crippen molar-refractivity contribution in [1.29, 1.82) is 0 Å². The van der Waals surface area contributed by atoms with E-state index in [-0.39, 0.29) is 5.91 Å². The summed E-state index contributed by atoms with van der Waals surface area (Å²) in [6.45, 7) is 4.11. The molecule has 1 atom stereocenters. The number of methoxy groups -OCH3 is 1. The van der Waals surface area contributed by atoms with Gasteiger partial charge < -0.3 is 9.64 Å². The van der Waals surface area contributed by atoms with Gasteiger partial charge in [0.1, 0.15) is 5.75 Å². The minimum absolute atomic E-state index is 0.151. The predicted octanol–water partition coefficient (Wildman–Crippen LogP) is 4.04. The number of likely N-dealkylation sites (N-methyl/N-ethyl adjacent to an activating group) is 1. The van der Waals surface area contributed by atoms with Crippen LogP contribution in [0.15, 0.2) is 53.4 Å². The maximum Gasteiger partial charge on any atom is 0.241 e. The molecule has 0 spiro atoms. The van der Waals surface area contributed by atoms with Crippen molar-refractivity contribution in [2.24, 2.45) is 0 Å². The lowest BCUT2D eigenvalue weighted by molar-refractivity contribution is -0.119. The van der Waals surface area contributed by atoms with Crippen LogP contribution in [0.2, 0.25) is 0 Å². The van der Waals surface area contributed by atoms with E-state index in [9.17, 15) is 4.79 Å². The van der Waals surface area contributed by atoms with Crippen molar-refractivity contribution < 1.29 is 9.53 Å². The molecule has 4 nitrogen and oxygen atoms in total. The number of amides is 1. The van der Waals surface area contributed by atoms with Gasteiger partial charge in [-0.15, -0.1) is 11.8 Å². The monoisotopic (exact) mass is 370 g/mol. The number of nitrogens with zero attached hydrogens (tertiary/aromatic N) is 2. The second kappa shape index (κ2) is 8.60. The fourth-order valence-electron chi connectivity index (χ4n) is 3.20. The molecule has 26 heavy (non-hydrogen) atoms. The summed E-state index contributed by atoms with van der Waals surface area (Å²) >= 11 is 1.86. The molecule has 0 saturated heterocycles.